The molecule has 1 unspecified atom stereocenters. The molecule has 14 heavy (non-hydrogen) atoms. The molecule has 1 atom stereocenters. The summed E-state index contributed by atoms with van der Waals surface area (Å²) in [5.41, 5.74) is 0. The van der Waals surface area contributed by atoms with Crippen molar-refractivity contribution >= 4 is 0 Å². The van der Waals surface area contributed by atoms with E-state index < -0.39 is 0 Å². The number of hydrogen-bond donors (Lipinski definition) is 1. The molecule has 2 rings (SSSR count). The van der Waals surface area contributed by atoms with Crippen LogP contribution in [0.15, 0.2) is 0 Å². The summed E-state index contributed by atoms with van der Waals surface area (Å²) in [6.45, 7) is 7.40. The molecule has 1 N–H and O–H groups in total. The first-order valence-corrected chi connectivity index (χ1v) is 6.35. The van der Waals surface area contributed by atoms with E-state index in [1.807, 2.05) is 0 Å². The summed E-state index contributed by atoms with van der Waals surface area (Å²) in [6, 6.07) is 0.932. The standard InChI is InChI=1S/C12H24N2/c1-2-14(12-6-3-7-12)10-11-5-4-8-13-9-11/h11-13H,2-10H2,1H3. The Bertz CT molecular complexity index is 160. The lowest BCUT2D eigenvalue weighted by Crippen LogP contribution is -2.45. The first-order chi connectivity index (χ1) is 6.90. The van der Waals surface area contributed by atoms with Crippen LogP contribution in [-0.2, 0) is 0 Å². The van der Waals surface area contributed by atoms with Crippen LogP contribution >= 0.6 is 0 Å². The van der Waals surface area contributed by atoms with Crippen molar-refractivity contribution in [3.05, 3.63) is 0 Å². The summed E-state index contributed by atoms with van der Waals surface area (Å²) in [4.78, 5) is 2.71. The third-order valence-corrected chi connectivity index (χ3v) is 3.89. The van der Waals surface area contributed by atoms with Gasteiger partial charge in [-0.3, -0.25) is 0 Å². The Hall–Kier alpha value is -0.0800. The molecule has 1 saturated heterocycles. The predicted molar refractivity (Wildman–Crippen MR) is 60.5 cm³/mol. The van der Waals surface area contributed by atoms with Crippen molar-refractivity contribution < 1.29 is 0 Å². The van der Waals surface area contributed by atoms with Gasteiger partial charge in [0.1, 0.15) is 0 Å². The number of piperidine rings is 1. The zero-order chi connectivity index (χ0) is 9.80. The van der Waals surface area contributed by atoms with Crippen LogP contribution in [0.1, 0.15) is 39.0 Å². The van der Waals surface area contributed by atoms with Crippen LogP contribution in [0.4, 0.5) is 0 Å². The molecule has 0 bridgehead atoms. The van der Waals surface area contributed by atoms with Crippen molar-refractivity contribution in [2.45, 2.75) is 45.1 Å². The second-order valence-electron chi connectivity index (χ2n) is 4.88. The second kappa shape index (κ2) is 5.13. The molecular weight excluding hydrogens is 172 g/mol. The first kappa shape index (κ1) is 10.4. The van der Waals surface area contributed by atoms with Gasteiger partial charge in [0.2, 0.25) is 0 Å². The van der Waals surface area contributed by atoms with Crippen molar-refractivity contribution in [1.82, 2.24) is 10.2 Å². The molecular formula is C12H24N2. The Morgan fingerprint density at radius 2 is 2.07 bits per heavy atom. The minimum atomic E-state index is 0.921. The number of rotatable bonds is 4. The molecule has 0 radical (unpaired) electrons. The molecule has 0 aromatic rings. The van der Waals surface area contributed by atoms with Crippen molar-refractivity contribution in [2.24, 2.45) is 5.92 Å². The summed E-state index contributed by atoms with van der Waals surface area (Å²) < 4.78 is 0. The van der Waals surface area contributed by atoms with Crippen LogP contribution in [0.25, 0.3) is 0 Å². The summed E-state index contributed by atoms with van der Waals surface area (Å²) in [6.07, 6.45) is 7.19. The second-order valence-corrected chi connectivity index (χ2v) is 4.88. The molecule has 0 amide bonds. The molecule has 0 spiro atoms. The maximum atomic E-state index is 3.51. The number of nitrogens with zero attached hydrogens (tertiary/aromatic N) is 1. The smallest absolute Gasteiger partial charge is 0.00952 e. The Morgan fingerprint density at radius 3 is 2.57 bits per heavy atom. The van der Waals surface area contributed by atoms with E-state index in [0.29, 0.717) is 0 Å². The van der Waals surface area contributed by atoms with Crippen LogP contribution in [0.2, 0.25) is 0 Å². The minimum Gasteiger partial charge on any atom is -0.316 e. The predicted octanol–water partition coefficient (Wildman–Crippen LogP) is 1.86. The van der Waals surface area contributed by atoms with Gasteiger partial charge in [0, 0.05) is 12.6 Å². The zero-order valence-electron chi connectivity index (χ0n) is 9.47. The van der Waals surface area contributed by atoms with Gasteiger partial charge in [-0.25, -0.2) is 0 Å². The molecule has 2 aliphatic rings. The van der Waals surface area contributed by atoms with Crippen LogP contribution in [0, 0.1) is 5.92 Å². The molecule has 1 saturated carbocycles. The fraction of sp³-hybridized carbons (Fsp3) is 1.00. The summed E-state index contributed by atoms with van der Waals surface area (Å²) in [7, 11) is 0. The van der Waals surface area contributed by atoms with Crippen LogP contribution in [0.3, 0.4) is 0 Å². The van der Waals surface area contributed by atoms with E-state index in [4.69, 9.17) is 0 Å². The van der Waals surface area contributed by atoms with Gasteiger partial charge < -0.3 is 10.2 Å². The highest BCUT2D eigenvalue weighted by molar-refractivity contribution is 4.82. The largest absolute Gasteiger partial charge is 0.316 e. The van der Waals surface area contributed by atoms with Gasteiger partial charge in [-0.15, -0.1) is 0 Å². The zero-order valence-corrected chi connectivity index (χ0v) is 9.47. The lowest BCUT2D eigenvalue weighted by atomic mass is 9.89. The van der Waals surface area contributed by atoms with Gasteiger partial charge in [-0.1, -0.05) is 13.3 Å². The van der Waals surface area contributed by atoms with E-state index in [1.54, 1.807) is 0 Å². The van der Waals surface area contributed by atoms with E-state index >= 15 is 0 Å². The average molecular weight is 196 g/mol. The highest BCUT2D eigenvalue weighted by Crippen LogP contribution is 2.26. The molecule has 2 heteroatoms. The SMILES string of the molecule is CCN(CC1CCCNC1)C1CCC1. The van der Waals surface area contributed by atoms with Crippen molar-refractivity contribution in [3.63, 3.8) is 0 Å². The highest BCUT2D eigenvalue weighted by atomic mass is 15.2. The van der Waals surface area contributed by atoms with Gasteiger partial charge in [0.25, 0.3) is 0 Å². The molecule has 0 aromatic carbocycles. The van der Waals surface area contributed by atoms with Gasteiger partial charge in [-0.05, 0) is 51.2 Å². The quantitative estimate of drug-likeness (QED) is 0.738. The molecule has 2 nitrogen and oxygen atoms in total. The van der Waals surface area contributed by atoms with E-state index in [1.165, 1.54) is 58.3 Å². The third-order valence-electron chi connectivity index (χ3n) is 3.89. The van der Waals surface area contributed by atoms with E-state index in [9.17, 15) is 0 Å². The Labute approximate surface area is 88.1 Å². The highest BCUT2D eigenvalue weighted by Gasteiger charge is 2.26. The molecule has 1 heterocycles. The molecule has 82 valence electrons. The van der Waals surface area contributed by atoms with Gasteiger partial charge in [-0.2, -0.15) is 0 Å². The first-order valence-electron chi connectivity index (χ1n) is 6.35. The molecule has 0 aromatic heterocycles. The summed E-state index contributed by atoms with van der Waals surface area (Å²) >= 11 is 0. The van der Waals surface area contributed by atoms with E-state index in [2.05, 4.69) is 17.1 Å². The summed E-state index contributed by atoms with van der Waals surface area (Å²) in [5, 5.41) is 3.51. The van der Waals surface area contributed by atoms with E-state index in [0.717, 1.165) is 12.0 Å². The van der Waals surface area contributed by atoms with Crippen molar-refractivity contribution in [3.8, 4) is 0 Å². The average Bonchev–Trinajstić information content (AvgIpc) is 2.15. The lowest BCUT2D eigenvalue weighted by Gasteiger charge is -2.39. The van der Waals surface area contributed by atoms with Gasteiger partial charge in [0.15, 0.2) is 0 Å². The Morgan fingerprint density at radius 1 is 1.21 bits per heavy atom. The monoisotopic (exact) mass is 196 g/mol. The number of nitrogens with one attached hydrogen (secondary N) is 1. The summed E-state index contributed by atoms with van der Waals surface area (Å²) in [5.74, 6) is 0.921. The van der Waals surface area contributed by atoms with Crippen LogP contribution in [-0.4, -0.2) is 37.1 Å². The molecule has 1 aliphatic carbocycles. The van der Waals surface area contributed by atoms with Crippen LogP contribution in [0.5, 0.6) is 0 Å². The van der Waals surface area contributed by atoms with Crippen molar-refractivity contribution in [1.29, 1.82) is 0 Å². The molecule has 1 aliphatic heterocycles. The van der Waals surface area contributed by atoms with Gasteiger partial charge >= 0.3 is 0 Å². The normalized spacial score (nSPS) is 29.1. The maximum Gasteiger partial charge on any atom is 0.00952 e. The lowest BCUT2D eigenvalue weighted by molar-refractivity contribution is 0.106. The van der Waals surface area contributed by atoms with E-state index in [-0.39, 0.29) is 0 Å². The van der Waals surface area contributed by atoms with Crippen LogP contribution < -0.4 is 5.32 Å². The number of hydrogen-bond acceptors (Lipinski definition) is 2. The van der Waals surface area contributed by atoms with Crippen molar-refractivity contribution in [2.75, 3.05) is 26.2 Å². The Balaban J connectivity index is 1.74. The fourth-order valence-electron chi connectivity index (χ4n) is 2.70. The topological polar surface area (TPSA) is 15.3 Å². The minimum absolute atomic E-state index is 0.921. The van der Waals surface area contributed by atoms with Gasteiger partial charge in [0.05, 0.1) is 0 Å². The maximum absolute atomic E-state index is 3.51. The third kappa shape index (κ3) is 2.48. The fourth-order valence-corrected chi connectivity index (χ4v) is 2.70. The molecule has 2 fully saturated rings. The Kier molecular flexibility index (Phi) is 3.82.